The van der Waals surface area contributed by atoms with Gasteiger partial charge < -0.3 is 5.32 Å². The summed E-state index contributed by atoms with van der Waals surface area (Å²) in [5.41, 5.74) is 1.16. The lowest BCUT2D eigenvalue weighted by atomic mass is 9.80. The van der Waals surface area contributed by atoms with E-state index in [1.807, 2.05) is 12.1 Å². The Morgan fingerprint density at radius 3 is 2.38 bits per heavy atom. The minimum atomic E-state index is 0.589. The monoisotopic (exact) mass is 257 g/mol. The van der Waals surface area contributed by atoms with Crippen molar-refractivity contribution >= 4 is 23.2 Å². The second kappa shape index (κ2) is 5.39. The van der Waals surface area contributed by atoms with E-state index >= 15 is 0 Å². The van der Waals surface area contributed by atoms with Crippen LogP contribution < -0.4 is 5.32 Å². The van der Waals surface area contributed by atoms with Crippen molar-refractivity contribution < 1.29 is 0 Å². The third-order valence-electron chi connectivity index (χ3n) is 3.41. The van der Waals surface area contributed by atoms with Crippen molar-refractivity contribution in [1.82, 2.24) is 5.32 Å². The Morgan fingerprint density at radius 1 is 1.25 bits per heavy atom. The van der Waals surface area contributed by atoms with Crippen LogP contribution in [-0.2, 0) is 6.54 Å². The van der Waals surface area contributed by atoms with Crippen molar-refractivity contribution in [3.05, 3.63) is 33.8 Å². The van der Waals surface area contributed by atoms with E-state index in [9.17, 15) is 0 Å². The summed E-state index contributed by atoms with van der Waals surface area (Å²) in [4.78, 5) is 0. The maximum Gasteiger partial charge on any atom is 0.0424 e. The molecular weight excluding hydrogens is 241 g/mol. The van der Waals surface area contributed by atoms with Gasteiger partial charge in [-0.05, 0) is 49.4 Å². The van der Waals surface area contributed by atoms with Crippen LogP contribution in [0.2, 0.25) is 10.0 Å². The van der Waals surface area contributed by atoms with Gasteiger partial charge in [-0.2, -0.15) is 0 Å². The van der Waals surface area contributed by atoms with E-state index in [4.69, 9.17) is 23.2 Å². The van der Waals surface area contributed by atoms with E-state index in [1.54, 1.807) is 6.07 Å². The van der Waals surface area contributed by atoms with Crippen molar-refractivity contribution in [1.29, 1.82) is 0 Å². The van der Waals surface area contributed by atoms with Gasteiger partial charge in [0.05, 0.1) is 0 Å². The van der Waals surface area contributed by atoms with Crippen molar-refractivity contribution in [2.24, 2.45) is 5.92 Å². The van der Waals surface area contributed by atoms with Crippen molar-refractivity contribution in [2.45, 2.75) is 38.8 Å². The Bertz CT molecular complexity index is 341. The number of halogens is 2. The van der Waals surface area contributed by atoms with Gasteiger partial charge >= 0.3 is 0 Å². The molecule has 1 fully saturated rings. The van der Waals surface area contributed by atoms with Gasteiger partial charge in [0.2, 0.25) is 0 Å². The average molecular weight is 258 g/mol. The number of hydrogen-bond donors (Lipinski definition) is 1. The zero-order valence-corrected chi connectivity index (χ0v) is 11.0. The van der Waals surface area contributed by atoms with Crippen LogP contribution in [0, 0.1) is 5.92 Å². The van der Waals surface area contributed by atoms with E-state index in [1.165, 1.54) is 19.3 Å². The lowest BCUT2D eigenvalue weighted by Crippen LogP contribution is -2.36. The van der Waals surface area contributed by atoms with E-state index in [-0.39, 0.29) is 0 Å². The number of nitrogens with one attached hydrogen (secondary N) is 1. The summed E-state index contributed by atoms with van der Waals surface area (Å²) >= 11 is 11.9. The quantitative estimate of drug-likeness (QED) is 0.850. The third kappa shape index (κ3) is 3.13. The molecule has 1 atom stereocenters. The average Bonchev–Trinajstić information content (AvgIpc) is 2.10. The minimum Gasteiger partial charge on any atom is -0.310 e. The molecule has 0 aromatic heterocycles. The molecule has 1 nitrogen and oxygen atoms in total. The maximum atomic E-state index is 5.95. The molecule has 0 heterocycles. The molecule has 16 heavy (non-hydrogen) atoms. The van der Waals surface area contributed by atoms with Crippen LogP contribution in [0.15, 0.2) is 18.2 Å². The second-order valence-electron chi connectivity index (χ2n) is 4.64. The third-order valence-corrected chi connectivity index (χ3v) is 3.84. The molecule has 1 aromatic carbocycles. The zero-order chi connectivity index (χ0) is 11.5. The van der Waals surface area contributed by atoms with Crippen LogP contribution in [0.1, 0.15) is 31.7 Å². The summed E-state index contributed by atoms with van der Waals surface area (Å²) in [6.45, 7) is 3.11. The first kappa shape index (κ1) is 12.2. The molecule has 0 radical (unpaired) electrons. The highest BCUT2D eigenvalue weighted by Gasteiger charge is 2.23. The summed E-state index contributed by atoms with van der Waals surface area (Å²) in [6, 6.07) is 6.29. The zero-order valence-electron chi connectivity index (χ0n) is 9.47. The lowest BCUT2D eigenvalue weighted by Gasteiger charge is -2.32. The van der Waals surface area contributed by atoms with E-state index < -0.39 is 0 Å². The van der Waals surface area contributed by atoms with Gasteiger partial charge in [0, 0.05) is 22.6 Å². The van der Waals surface area contributed by atoms with E-state index in [0.29, 0.717) is 16.1 Å². The summed E-state index contributed by atoms with van der Waals surface area (Å²) in [6.07, 6.45) is 4.12. The topological polar surface area (TPSA) is 12.0 Å². The molecule has 0 saturated heterocycles. The summed E-state index contributed by atoms with van der Waals surface area (Å²) < 4.78 is 0. The molecule has 1 N–H and O–H groups in total. The molecule has 0 aliphatic heterocycles. The van der Waals surface area contributed by atoms with Gasteiger partial charge in [-0.1, -0.05) is 29.6 Å². The molecule has 3 heteroatoms. The first-order valence-electron chi connectivity index (χ1n) is 5.83. The van der Waals surface area contributed by atoms with Crippen LogP contribution in [0.25, 0.3) is 0 Å². The fourth-order valence-electron chi connectivity index (χ4n) is 2.10. The largest absolute Gasteiger partial charge is 0.310 e. The number of benzene rings is 1. The van der Waals surface area contributed by atoms with Gasteiger partial charge in [0.15, 0.2) is 0 Å². The lowest BCUT2D eigenvalue weighted by molar-refractivity contribution is 0.240. The molecular formula is C13H17Cl2N. The Labute approximate surface area is 107 Å². The predicted octanol–water partition coefficient (Wildman–Crippen LogP) is 4.27. The fraction of sp³-hybridized carbons (Fsp3) is 0.538. The van der Waals surface area contributed by atoms with Gasteiger partial charge in [0.1, 0.15) is 0 Å². The number of rotatable bonds is 4. The van der Waals surface area contributed by atoms with Gasteiger partial charge in [-0.25, -0.2) is 0 Å². The highest BCUT2D eigenvalue weighted by molar-refractivity contribution is 6.34. The molecule has 1 aromatic rings. The molecule has 88 valence electrons. The predicted molar refractivity (Wildman–Crippen MR) is 70.1 cm³/mol. The molecule has 1 aliphatic carbocycles. The van der Waals surface area contributed by atoms with Crippen molar-refractivity contribution in [3.63, 3.8) is 0 Å². The van der Waals surface area contributed by atoms with Crippen LogP contribution in [0.5, 0.6) is 0 Å². The first-order chi connectivity index (χ1) is 7.65. The van der Waals surface area contributed by atoms with E-state index in [0.717, 1.165) is 18.0 Å². The van der Waals surface area contributed by atoms with Crippen LogP contribution in [0.4, 0.5) is 0 Å². The number of hydrogen-bond acceptors (Lipinski definition) is 1. The van der Waals surface area contributed by atoms with Crippen LogP contribution in [-0.4, -0.2) is 6.04 Å². The fourth-order valence-corrected chi connectivity index (χ4v) is 2.67. The summed E-state index contributed by atoms with van der Waals surface area (Å²) in [5, 5.41) is 4.96. The van der Waals surface area contributed by atoms with Gasteiger partial charge in [0.25, 0.3) is 0 Å². The summed E-state index contributed by atoms with van der Waals surface area (Å²) in [5.74, 6) is 0.856. The summed E-state index contributed by atoms with van der Waals surface area (Å²) in [7, 11) is 0. The Kier molecular flexibility index (Phi) is 4.12. The first-order valence-corrected chi connectivity index (χ1v) is 6.59. The normalized spacial score (nSPS) is 18.2. The Morgan fingerprint density at radius 2 is 1.88 bits per heavy atom. The molecule has 0 spiro atoms. The highest BCUT2D eigenvalue weighted by Crippen LogP contribution is 2.29. The molecule has 2 rings (SSSR count). The van der Waals surface area contributed by atoms with Gasteiger partial charge in [-0.15, -0.1) is 0 Å². The van der Waals surface area contributed by atoms with E-state index in [2.05, 4.69) is 12.2 Å². The van der Waals surface area contributed by atoms with Crippen LogP contribution in [0.3, 0.4) is 0 Å². The van der Waals surface area contributed by atoms with Gasteiger partial charge in [-0.3, -0.25) is 0 Å². The molecule has 0 amide bonds. The molecule has 1 aliphatic rings. The van der Waals surface area contributed by atoms with Crippen molar-refractivity contribution in [2.75, 3.05) is 0 Å². The SMILES string of the molecule is CC(NCc1cc(Cl)cc(Cl)c1)C1CCC1. The molecule has 1 unspecified atom stereocenters. The van der Waals surface area contributed by atoms with Crippen LogP contribution >= 0.6 is 23.2 Å². The standard InChI is InChI=1S/C13H17Cl2N/c1-9(11-3-2-4-11)16-8-10-5-12(14)7-13(15)6-10/h5-7,9,11,16H,2-4,8H2,1H3. The second-order valence-corrected chi connectivity index (χ2v) is 5.51. The highest BCUT2D eigenvalue weighted by atomic mass is 35.5. The maximum absolute atomic E-state index is 5.95. The Balaban J connectivity index is 1.88. The minimum absolute atomic E-state index is 0.589. The molecule has 1 saturated carbocycles. The Hall–Kier alpha value is -0.240. The molecule has 0 bridgehead atoms. The smallest absolute Gasteiger partial charge is 0.0424 e. The van der Waals surface area contributed by atoms with Crippen molar-refractivity contribution in [3.8, 4) is 0 Å².